The van der Waals surface area contributed by atoms with Crippen LogP contribution in [-0.4, -0.2) is 16.5 Å². The van der Waals surface area contributed by atoms with Gasteiger partial charge in [0.1, 0.15) is 0 Å². The van der Waals surface area contributed by atoms with Gasteiger partial charge in [-0.3, -0.25) is 9.89 Å². The maximum absolute atomic E-state index is 10.7. The van der Waals surface area contributed by atoms with Gasteiger partial charge in [-0.1, -0.05) is 11.6 Å². The summed E-state index contributed by atoms with van der Waals surface area (Å²) in [4.78, 5) is 10.7. The van der Waals surface area contributed by atoms with Crippen molar-refractivity contribution in [2.45, 2.75) is 0 Å². The largest absolute Gasteiger partial charge is 0.298 e. The van der Waals surface area contributed by atoms with E-state index in [1.54, 1.807) is 12.3 Å². The summed E-state index contributed by atoms with van der Waals surface area (Å²) in [5.41, 5.74) is 1.25. The highest BCUT2D eigenvalue weighted by atomic mass is 79.9. The zero-order valence-electron chi connectivity index (χ0n) is 6.34. The molecule has 0 bridgehead atoms. The monoisotopic (exact) mass is 258 g/mol. The van der Waals surface area contributed by atoms with Crippen molar-refractivity contribution in [2.75, 3.05) is 0 Å². The van der Waals surface area contributed by atoms with Crippen LogP contribution >= 0.6 is 27.5 Å². The lowest BCUT2D eigenvalue weighted by molar-refractivity contribution is 0.112. The Balaban J connectivity index is 2.96. The van der Waals surface area contributed by atoms with E-state index in [1.807, 2.05) is 0 Å². The maximum atomic E-state index is 10.7. The molecule has 0 aliphatic carbocycles. The minimum Gasteiger partial charge on any atom is -0.298 e. The first-order chi connectivity index (χ1) is 6.24. The van der Waals surface area contributed by atoms with Gasteiger partial charge in [-0.2, -0.15) is 5.10 Å². The van der Waals surface area contributed by atoms with Crippen LogP contribution in [0.25, 0.3) is 10.9 Å². The Labute approximate surface area is 87.2 Å². The first-order valence-corrected chi connectivity index (χ1v) is 4.67. The van der Waals surface area contributed by atoms with Gasteiger partial charge in [0.15, 0.2) is 6.29 Å². The maximum Gasteiger partial charge on any atom is 0.151 e. The predicted octanol–water partition coefficient (Wildman–Crippen LogP) is 2.79. The molecule has 13 heavy (non-hydrogen) atoms. The Morgan fingerprint density at radius 3 is 3.08 bits per heavy atom. The first-order valence-electron chi connectivity index (χ1n) is 3.50. The van der Waals surface area contributed by atoms with Crippen LogP contribution in [-0.2, 0) is 0 Å². The summed E-state index contributed by atoms with van der Waals surface area (Å²) in [5, 5.41) is 7.83. The summed E-state index contributed by atoms with van der Waals surface area (Å²) < 4.78 is 0.682. The fourth-order valence-electron chi connectivity index (χ4n) is 1.18. The summed E-state index contributed by atoms with van der Waals surface area (Å²) in [7, 11) is 0. The van der Waals surface area contributed by atoms with Crippen molar-refractivity contribution in [3.8, 4) is 0 Å². The number of aldehydes is 1. The number of carbonyl (C=O) groups is 1. The number of fused-ring (bicyclic) bond motifs is 1. The van der Waals surface area contributed by atoms with Gasteiger partial charge in [0.25, 0.3) is 0 Å². The molecule has 5 heteroatoms. The van der Waals surface area contributed by atoms with E-state index >= 15 is 0 Å². The first kappa shape index (κ1) is 8.72. The van der Waals surface area contributed by atoms with Crippen LogP contribution < -0.4 is 0 Å². The van der Waals surface area contributed by atoms with Crippen LogP contribution in [0.3, 0.4) is 0 Å². The van der Waals surface area contributed by atoms with Crippen LogP contribution in [0.5, 0.6) is 0 Å². The number of benzene rings is 1. The second-order valence-electron chi connectivity index (χ2n) is 2.53. The van der Waals surface area contributed by atoms with E-state index in [1.165, 1.54) is 0 Å². The van der Waals surface area contributed by atoms with Crippen LogP contribution in [0.15, 0.2) is 16.7 Å². The zero-order chi connectivity index (χ0) is 9.42. The second kappa shape index (κ2) is 3.12. The summed E-state index contributed by atoms with van der Waals surface area (Å²) in [6.45, 7) is 0. The summed E-state index contributed by atoms with van der Waals surface area (Å²) >= 11 is 9.17. The number of carbonyl (C=O) groups excluding carboxylic acids is 1. The van der Waals surface area contributed by atoms with Crippen LogP contribution in [0.1, 0.15) is 10.4 Å². The molecule has 1 N–H and O–H groups in total. The van der Waals surface area contributed by atoms with E-state index in [9.17, 15) is 4.79 Å². The molecule has 0 spiro atoms. The summed E-state index contributed by atoms with van der Waals surface area (Å²) in [6.07, 6.45) is 2.36. The standard InChI is InChI=1S/C8H4BrClN2O/c9-6-1-7(10)8-4(2-11-12-8)5(6)3-13/h1-3H,(H,11,12). The van der Waals surface area contributed by atoms with Gasteiger partial charge in [-0.05, 0) is 22.0 Å². The van der Waals surface area contributed by atoms with E-state index in [4.69, 9.17) is 11.6 Å². The molecule has 0 amide bonds. The quantitative estimate of drug-likeness (QED) is 0.801. The third-order valence-electron chi connectivity index (χ3n) is 1.80. The van der Waals surface area contributed by atoms with E-state index in [0.29, 0.717) is 20.6 Å². The highest BCUT2D eigenvalue weighted by molar-refractivity contribution is 9.10. The minimum atomic E-state index is 0.546. The van der Waals surface area contributed by atoms with Crippen molar-refractivity contribution in [1.29, 1.82) is 0 Å². The molecular weight excluding hydrogens is 255 g/mol. The van der Waals surface area contributed by atoms with Gasteiger partial charge in [0, 0.05) is 15.4 Å². The molecule has 0 aliphatic rings. The normalized spacial score (nSPS) is 10.6. The molecule has 0 unspecified atom stereocenters. The van der Waals surface area contributed by atoms with E-state index < -0.39 is 0 Å². The van der Waals surface area contributed by atoms with E-state index in [2.05, 4.69) is 26.1 Å². The fraction of sp³-hybridized carbons (Fsp3) is 0. The summed E-state index contributed by atoms with van der Waals surface area (Å²) in [6, 6.07) is 1.67. The third-order valence-corrected chi connectivity index (χ3v) is 2.75. The number of H-pyrrole nitrogens is 1. The highest BCUT2D eigenvalue weighted by Crippen LogP contribution is 2.29. The van der Waals surface area contributed by atoms with Crippen molar-refractivity contribution in [3.63, 3.8) is 0 Å². The average Bonchev–Trinajstić information content (AvgIpc) is 2.53. The van der Waals surface area contributed by atoms with Crippen LogP contribution in [0.4, 0.5) is 0 Å². The van der Waals surface area contributed by atoms with Crippen molar-refractivity contribution in [3.05, 3.63) is 27.3 Å². The number of rotatable bonds is 1. The van der Waals surface area contributed by atoms with Gasteiger partial charge in [-0.25, -0.2) is 0 Å². The molecule has 0 saturated carbocycles. The molecule has 0 fully saturated rings. The van der Waals surface area contributed by atoms with E-state index in [0.717, 1.165) is 11.7 Å². The topological polar surface area (TPSA) is 45.8 Å². The molecule has 1 aromatic heterocycles. The molecule has 0 radical (unpaired) electrons. The van der Waals surface area contributed by atoms with Crippen molar-refractivity contribution in [2.24, 2.45) is 0 Å². The zero-order valence-corrected chi connectivity index (χ0v) is 8.69. The molecule has 1 heterocycles. The lowest BCUT2D eigenvalue weighted by atomic mass is 10.1. The molecule has 0 atom stereocenters. The Morgan fingerprint density at radius 1 is 1.62 bits per heavy atom. The Hall–Kier alpha value is -0.870. The van der Waals surface area contributed by atoms with Gasteiger partial charge in [-0.15, -0.1) is 0 Å². The number of hydrogen-bond donors (Lipinski definition) is 1. The highest BCUT2D eigenvalue weighted by Gasteiger charge is 2.09. The Morgan fingerprint density at radius 2 is 2.38 bits per heavy atom. The summed E-state index contributed by atoms with van der Waals surface area (Å²) in [5.74, 6) is 0. The molecule has 0 saturated heterocycles. The molecule has 0 aliphatic heterocycles. The lowest BCUT2D eigenvalue weighted by Gasteiger charge is -1.99. The lowest BCUT2D eigenvalue weighted by Crippen LogP contribution is -1.84. The third kappa shape index (κ3) is 1.26. The van der Waals surface area contributed by atoms with Crippen molar-refractivity contribution < 1.29 is 4.79 Å². The molecule has 2 aromatic rings. The number of nitrogens with one attached hydrogen (secondary N) is 1. The number of hydrogen-bond acceptors (Lipinski definition) is 2. The smallest absolute Gasteiger partial charge is 0.151 e. The number of halogens is 2. The Bertz CT molecular complexity index is 480. The average molecular weight is 259 g/mol. The number of nitrogens with zero attached hydrogens (tertiary/aromatic N) is 1. The van der Waals surface area contributed by atoms with Crippen LogP contribution in [0.2, 0.25) is 5.02 Å². The fourth-order valence-corrected chi connectivity index (χ4v) is 2.10. The molecule has 3 nitrogen and oxygen atoms in total. The SMILES string of the molecule is O=Cc1c(Br)cc(Cl)c2[nH]ncc12. The Kier molecular flexibility index (Phi) is 2.09. The van der Waals surface area contributed by atoms with Gasteiger partial charge >= 0.3 is 0 Å². The van der Waals surface area contributed by atoms with Gasteiger partial charge in [0.2, 0.25) is 0 Å². The van der Waals surface area contributed by atoms with Crippen molar-refractivity contribution >= 4 is 44.7 Å². The second-order valence-corrected chi connectivity index (χ2v) is 3.79. The van der Waals surface area contributed by atoms with Crippen molar-refractivity contribution in [1.82, 2.24) is 10.2 Å². The number of aromatic nitrogens is 2. The van der Waals surface area contributed by atoms with E-state index in [-0.39, 0.29) is 0 Å². The predicted molar refractivity (Wildman–Crippen MR) is 54.2 cm³/mol. The molecule has 2 rings (SSSR count). The molecule has 66 valence electrons. The minimum absolute atomic E-state index is 0.546. The van der Waals surface area contributed by atoms with Gasteiger partial charge in [0.05, 0.1) is 16.7 Å². The number of aromatic amines is 1. The van der Waals surface area contributed by atoms with Crippen LogP contribution in [0, 0.1) is 0 Å². The molecular formula is C8H4BrClN2O. The van der Waals surface area contributed by atoms with Gasteiger partial charge < -0.3 is 0 Å². The molecule has 1 aromatic carbocycles.